The first-order valence-electron chi connectivity index (χ1n) is 6.87. The van der Waals surface area contributed by atoms with Gasteiger partial charge >= 0.3 is 0 Å². The van der Waals surface area contributed by atoms with Gasteiger partial charge in [0.25, 0.3) is 0 Å². The Morgan fingerprint density at radius 2 is 1.75 bits per heavy atom. The average molecular weight is 307 g/mol. The minimum absolute atomic E-state index is 0.483. The lowest BCUT2D eigenvalue weighted by Gasteiger charge is -2.13. The maximum atomic E-state index is 10.3. The maximum absolute atomic E-state index is 10.3. The predicted molar refractivity (Wildman–Crippen MR) is 83.6 cm³/mol. The molecule has 0 aliphatic heterocycles. The zero-order valence-electron chi connectivity index (χ0n) is 11.1. The standard InChI is InChI=1S/C17H16Cl2O/c18-15-7-6-14(10-16(15)19)17(20)9-11-4-5-12-2-1-3-13(12)8-11/h4-8,10,17,20H,1-3,9H2. The Labute approximate surface area is 129 Å². The number of aliphatic hydroxyl groups excluding tert-OH is 1. The third kappa shape index (κ3) is 2.85. The van der Waals surface area contributed by atoms with Crippen molar-refractivity contribution in [1.82, 2.24) is 0 Å². The predicted octanol–water partition coefficient (Wildman–Crippen LogP) is 4.76. The van der Waals surface area contributed by atoms with Crippen LogP contribution in [0.2, 0.25) is 10.0 Å². The van der Waals surface area contributed by atoms with Gasteiger partial charge in [0, 0.05) is 6.42 Å². The molecule has 1 N–H and O–H groups in total. The first kappa shape index (κ1) is 13.9. The summed E-state index contributed by atoms with van der Waals surface area (Å²) in [6.07, 6.45) is 3.64. The van der Waals surface area contributed by atoms with Gasteiger partial charge in [0.1, 0.15) is 0 Å². The molecule has 0 saturated heterocycles. The Morgan fingerprint density at radius 1 is 0.950 bits per heavy atom. The van der Waals surface area contributed by atoms with E-state index in [0.29, 0.717) is 16.5 Å². The number of rotatable bonds is 3. The highest BCUT2D eigenvalue weighted by molar-refractivity contribution is 6.42. The fourth-order valence-electron chi connectivity index (χ4n) is 2.81. The highest BCUT2D eigenvalue weighted by Gasteiger charge is 2.14. The lowest BCUT2D eigenvalue weighted by molar-refractivity contribution is 0.178. The first-order chi connectivity index (χ1) is 9.63. The highest BCUT2D eigenvalue weighted by Crippen LogP contribution is 2.28. The topological polar surface area (TPSA) is 20.2 Å². The van der Waals surface area contributed by atoms with Gasteiger partial charge in [-0.15, -0.1) is 0 Å². The highest BCUT2D eigenvalue weighted by atomic mass is 35.5. The van der Waals surface area contributed by atoms with E-state index in [1.807, 2.05) is 6.07 Å². The third-order valence-electron chi connectivity index (χ3n) is 3.92. The summed E-state index contributed by atoms with van der Waals surface area (Å²) in [5.74, 6) is 0. The molecule has 0 radical (unpaired) electrons. The van der Waals surface area contributed by atoms with Crippen molar-refractivity contribution in [3.05, 3.63) is 68.7 Å². The second-order valence-electron chi connectivity index (χ2n) is 5.35. The van der Waals surface area contributed by atoms with E-state index < -0.39 is 6.10 Å². The number of hydrogen-bond acceptors (Lipinski definition) is 1. The minimum Gasteiger partial charge on any atom is -0.388 e. The van der Waals surface area contributed by atoms with Crippen molar-refractivity contribution >= 4 is 23.2 Å². The lowest BCUT2D eigenvalue weighted by atomic mass is 9.98. The van der Waals surface area contributed by atoms with Crippen LogP contribution in [0, 0.1) is 0 Å². The van der Waals surface area contributed by atoms with Gasteiger partial charge < -0.3 is 5.11 Å². The van der Waals surface area contributed by atoms with E-state index in [1.165, 1.54) is 29.5 Å². The molecule has 0 saturated carbocycles. The van der Waals surface area contributed by atoms with Gasteiger partial charge in [-0.05, 0) is 53.6 Å². The molecule has 3 rings (SSSR count). The Kier molecular flexibility index (Phi) is 4.02. The SMILES string of the molecule is OC(Cc1ccc2c(c1)CCC2)c1ccc(Cl)c(Cl)c1. The van der Waals surface area contributed by atoms with E-state index >= 15 is 0 Å². The summed E-state index contributed by atoms with van der Waals surface area (Å²) < 4.78 is 0. The number of hydrogen-bond donors (Lipinski definition) is 1. The Morgan fingerprint density at radius 3 is 2.55 bits per heavy atom. The van der Waals surface area contributed by atoms with Crippen LogP contribution in [0.4, 0.5) is 0 Å². The van der Waals surface area contributed by atoms with Crippen LogP contribution >= 0.6 is 23.2 Å². The van der Waals surface area contributed by atoms with E-state index in [0.717, 1.165) is 12.0 Å². The molecule has 1 atom stereocenters. The molecule has 104 valence electrons. The maximum Gasteiger partial charge on any atom is 0.0830 e. The van der Waals surface area contributed by atoms with Crippen LogP contribution < -0.4 is 0 Å². The molecule has 0 amide bonds. The largest absolute Gasteiger partial charge is 0.388 e. The zero-order valence-corrected chi connectivity index (χ0v) is 12.6. The smallest absolute Gasteiger partial charge is 0.0830 e. The molecule has 2 aromatic carbocycles. The third-order valence-corrected chi connectivity index (χ3v) is 4.66. The molecule has 0 fully saturated rings. The number of aryl methyl sites for hydroxylation is 2. The molecule has 0 heterocycles. The van der Waals surface area contributed by atoms with Crippen molar-refractivity contribution in [2.45, 2.75) is 31.8 Å². The van der Waals surface area contributed by atoms with E-state index in [2.05, 4.69) is 18.2 Å². The van der Waals surface area contributed by atoms with E-state index in [1.54, 1.807) is 12.1 Å². The molecule has 0 aromatic heterocycles. The Balaban J connectivity index is 1.78. The number of benzene rings is 2. The van der Waals surface area contributed by atoms with Crippen LogP contribution in [0.1, 0.15) is 34.8 Å². The van der Waals surface area contributed by atoms with Gasteiger partial charge in [-0.3, -0.25) is 0 Å². The molecule has 0 spiro atoms. The van der Waals surface area contributed by atoms with Gasteiger partial charge in [0.05, 0.1) is 16.1 Å². The molecular formula is C17H16Cl2O. The van der Waals surface area contributed by atoms with Crippen molar-refractivity contribution in [1.29, 1.82) is 0 Å². The van der Waals surface area contributed by atoms with Crippen LogP contribution in [0.5, 0.6) is 0 Å². The molecule has 2 aromatic rings. The second-order valence-corrected chi connectivity index (χ2v) is 6.16. The molecule has 0 bridgehead atoms. The molecule has 1 aliphatic carbocycles. The Bertz CT molecular complexity index is 637. The number of fused-ring (bicyclic) bond motifs is 1. The minimum atomic E-state index is -0.552. The van der Waals surface area contributed by atoms with Crippen molar-refractivity contribution in [2.75, 3.05) is 0 Å². The summed E-state index contributed by atoms with van der Waals surface area (Å²) in [4.78, 5) is 0. The quantitative estimate of drug-likeness (QED) is 0.867. The summed E-state index contributed by atoms with van der Waals surface area (Å²) in [6.45, 7) is 0. The first-order valence-corrected chi connectivity index (χ1v) is 7.63. The summed E-state index contributed by atoms with van der Waals surface area (Å²) in [6, 6.07) is 11.8. The fraction of sp³-hybridized carbons (Fsp3) is 0.294. The summed E-state index contributed by atoms with van der Waals surface area (Å²) >= 11 is 11.9. The molecular weight excluding hydrogens is 291 g/mol. The van der Waals surface area contributed by atoms with Crippen molar-refractivity contribution in [3.8, 4) is 0 Å². The normalized spacial score (nSPS) is 15.2. The van der Waals surface area contributed by atoms with Gasteiger partial charge in [0.15, 0.2) is 0 Å². The second kappa shape index (κ2) is 5.77. The number of halogens is 2. The van der Waals surface area contributed by atoms with E-state index in [4.69, 9.17) is 23.2 Å². The molecule has 1 nitrogen and oxygen atoms in total. The molecule has 3 heteroatoms. The molecule has 20 heavy (non-hydrogen) atoms. The molecule has 1 aliphatic rings. The Hall–Kier alpha value is -1.02. The van der Waals surface area contributed by atoms with Crippen LogP contribution in [-0.4, -0.2) is 5.11 Å². The average Bonchev–Trinajstić information content (AvgIpc) is 2.89. The van der Waals surface area contributed by atoms with Gasteiger partial charge in [-0.1, -0.05) is 47.5 Å². The van der Waals surface area contributed by atoms with Crippen LogP contribution in [0.15, 0.2) is 36.4 Å². The van der Waals surface area contributed by atoms with Crippen molar-refractivity contribution in [2.24, 2.45) is 0 Å². The van der Waals surface area contributed by atoms with E-state index in [-0.39, 0.29) is 0 Å². The van der Waals surface area contributed by atoms with Gasteiger partial charge in [-0.25, -0.2) is 0 Å². The fourth-order valence-corrected chi connectivity index (χ4v) is 3.12. The van der Waals surface area contributed by atoms with E-state index in [9.17, 15) is 5.11 Å². The lowest BCUT2D eigenvalue weighted by Crippen LogP contribution is -2.02. The molecule has 1 unspecified atom stereocenters. The zero-order chi connectivity index (χ0) is 14.1. The monoisotopic (exact) mass is 306 g/mol. The summed E-state index contributed by atoms with van der Waals surface area (Å²) in [5.41, 5.74) is 4.87. The van der Waals surface area contributed by atoms with Crippen LogP contribution in [-0.2, 0) is 19.3 Å². The van der Waals surface area contributed by atoms with Crippen LogP contribution in [0.25, 0.3) is 0 Å². The van der Waals surface area contributed by atoms with Gasteiger partial charge in [0.2, 0.25) is 0 Å². The van der Waals surface area contributed by atoms with Crippen LogP contribution in [0.3, 0.4) is 0 Å². The van der Waals surface area contributed by atoms with Crippen molar-refractivity contribution < 1.29 is 5.11 Å². The van der Waals surface area contributed by atoms with Gasteiger partial charge in [-0.2, -0.15) is 0 Å². The van der Waals surface area contributed by atoms with Crippen molar-refractivity contribution in [3.63, 3.8) is 0 Å². The summed E-state index contributed by atoms with van der Waals surface area (Å²) in [7, 11) is 0. The number of aliphatic hydroxyl groups is 1. The summed E-state index contributed by atoms with van der Waals surface area (Å²) in [5, 5.41) is 11.3.